The molecule has 21 heavy (non-hydrogen) atoms. The van der Waals surface area contributed by atoms with E-state index in [4.69, 9.17) is 5.11 Å². The molecule has 1 aromatic rings. The number of halogens is 1. The zero-order valence-electron chi connectivity index (χ0n) is 13.2. The van der Waals surface area contributed by atoms with Crippen LogP contribution in [0.5, 0.6) is 0 Å². The molecule has 0 fully saturated rings. The van der Waals surface area contributed by atoms with Gasteiger partial charge in [0, 0.05) is 24.1 Å². The Morgan fingerprint density at radius 2 is 1.95 bits per heavy atom. The largest absolute Gasteiger partial charge is 0.395 e. The normalized spacial score (nSPS) is 10.8. The van der Waals surface area contributed by atoms with E-state index < -0.39 is 0 Å². The number of rotatable bonds is 7. The van der Waals surface area contributed by atoms with Crippen molar-refractivity contribution in [3.05, 3.63) is 35.1 Å². The van der Waals surface area contributed by atoms with E-state index in [1.165, 1.54) is 6.07 Å². The molecule has 0 aliphatic heterocycles. The highest BCUT2D eigenvalue weighted by molar-refractivity contribution is 5.37. The van der Waals surface area contributed by atoms with Gasteiger partial charge in [-0.05, 0) is 52.8 Å². The monoisotopic (exact) mass is 292 g/mol. The van der Waals surface area contributed by atoms with Crippen LogP contribution in [-0.4, -0.2) is 55.7 Å². The average molecular weight is 292 g/mol. The van der Waals surface area contributed by atoms with Crippen molar-refractivity contribution in [3.8, 4) is 11.8 Å². The number of hydrogen-bond donors (Lipinski definition) is 1. The summed E-state index contributed by atoms with van der Waals surface area (Å²) in [6, 6.07) is 5.09. The molecule has 1 rings (SSSR count). The van der Waals surface area contributed by atoms with Gasteiger partial charge in [0.15, 0.2) is 0 Å². The second-order valence-corrected chi connectivity index (χ2v) is 5.48. The molecule has 0 saturated carbocycles. The quantitative estimate of drug-likeness (QED) is 0.778. The molecule has 0 bridgehead atoms. The third-order valence-corrected chi connectivity index (χ3v) is 3.11. The van der Waals surface area contributed by atoms with E-state index in [0.29, 0.717) is 24.1 Å². The van der Waals surface area contributed by atoms with Crippen molar-refractivity contribution in [1.82, 2.24) is 9.80 Å². The molecule has 0 spiro atoms. The first-order valence-electron chi connectivity index (χ1n) is 7.24. The van der Waals surface area contributed by atoms with Crippen molar-refractivity contribution in [3.63, 3.8) is 0 Å². The molecule has 3 nitrogen and oxygen atoms in total. The third-order valence-electron chi connectivity index (χ3n) is 3.11. The topological polar surface area (TPSA) is 26.7 Å². The first kappa shape index (κ1) is 17.6. The molecule has 116 valence electrons. The molecular weight excluding hydrogens is 267 g/mol. The van der Waals surface area contributed by atoms with Gasteiger partial charge in [-0.3, -0.25) is 0 Å². The molecule has 4 heteroatoms. The van der Waals surface area contributed by atoms with Gasteiger partial charge < -0.3 is 14.9 Å². The van der Waals surface area contributed by atoms with Gasteiger partial charge in [-0.1, -0.05) is 17.9 Å². The zero-order chi connectivity index (χ0) is 15.7. The summed E-state index contributed by atoms with van der Waals surface area (Å²) >= 11 is 0. The van der Waals surface area contributed by atoms with Crippen LogP contribution >= 0.6 is 0 Å². The zero-order valence-corrected chi connectivity index (χ0v) is 13.2. The van der Waals surface area contributed by atoms with Crippen LogP contribution in [0.3, 0.4) is 0 Å². The van der Waals surface area contributed by atoms with Crippen LogP contribution in [0.4, 0.5) is 4.39 Å². The molecule has 0 heterocycles. The maximum atomic E-state index is 14.0. The van der Waals surface area contributed by atoms with Crippen molar-refractivity contribution < 1.29 is 9.50 Å². The van der Waals surface area contributed by atoms with E-state index >= 15 is 0 Å². The summed E-state index contributed by atoms with van der Waals surface area (Å²) in [5.74, 6) is 5.42. The number of aliphatic hydroxyl groups excluding tert-OH is 1. The summed E-state index contributed by atoms with van der Waals surface area (Å²) in [6.07, 6.45) is 1.48. The van der Waals surface area contributed by atoms with Crippen LogP contribution < -0.4 is 0 Å². The molecule has 0 amide bonds. The summed E-state index contributed by atoms with van der Waals surface area (Å²) in [5.41, 5.74) is 1.34. The second kappa shape index (κ2) is 9.51. The van der Waals surface area contributed by atoms with Gasteiger partial charge in [0.25, 0.3) is 0 Å². The van der Waals surface area contributed by atoms with Gasteiger partial charge in [0.2, 0.25) is 0 Å². The Kier molecular flexibility index (Phi) is 7.99. The molecular formula is C17H25FN2O. The minimum Gasteiger partial charge on any atom is -0.395 e. The lowest BCUT2D eigenvalue weighted by Gasteiger charge is -2.18. The fourth-order valence-electron chi connectivity index (χ4n) is 2.00. The predicted molar refractivity (Wildman–Crippen MR) is 84.5 cm³/mol. The first-order chi connectivity index (χ1) is 10.0. The van der Waals surface area contributed by atoms with Crippen LogP contribution in [0.25, 0.3) is 0 Å². The highest BCUT2D eigenvalue weighted by Gasteiger charge is 2.06. The van der Waals surface area contributed by atoms with Gasteiger partial charge in [-0.2, -0.15) is 0 Å². The van der Waals surface area contributed by atoms with Crippen LogP contribution in [0.2, 0.25) is 0 Å². The lowest BCUT2D eigenvalue weighted by atomic mass is 10.1. The maximum Gasteiger partial charge on any atom is 0.128 e. The van der Waals surface area contributed by atoms with Gasteiger partial charge in [0.05, 0.1) is 6.61 Å². The van der Waals surface area contributed by atoms with E-state index in [9.17, 15) is 4.39 Å². The Morgan fingerprint density at radius 3 is 2.57 bits per heavy atom. The van der Waals surface area contributed by atoms with Crippen molar-refractivity contribution in [1.29, 1.82) is 0 Å². The molecule has 1 N–H and O–H groups in total. The summed E-state index contributed by atoms with van der Waals surface area (Å²) in [4.78, 5) is 4.27. The van der Waals surface area contributed by atoms with Crippen LogP contribution in [0, 0.1) is 17.7 Å². The van der Waals surface area contributed by atoms with E-state index in [-0.39, 0.29) is 12.4 Å². The van der Waals surface area contributed by atoms with E-state index in [0.717, 1.165) is 19.5 Å². The molecule has 0 atom stereocenters. The first-order valence-corrected chi connectivity index (χ1v) is 7.24. The molecule has 0 aliphatic rings. The lowest BCUT2D eigenvalue weighted by Crippen LogP contribution is -2.23. The summed E-state index contributed by atoms with van der Waals surface area (Å²) in [7, 11) is 6.11. The van der Waals surface area contributed by atoms with Gasteiger partial charge >= 0.3 is 0 Å². The van der Waals surface area contributed by atoms with Crippen LogP contribution in [0.1, 0.15) is 24.0 Å². The number of nitrogens with zero attached hydrogens (tertiary/aromatic N) is 2. The summed E-state index contributed by atoms with van der Waals surface area (Å²) < 4.78 is 14.0. The Labute approximate surface area is 127 Å². The Hall–Kier alpha value is -1.41. The highest BCUT2D eigenvalue weighted by Crippen LogP contribution is 2.12. The van der Waals surface area contributed by atoms with Gasteiger partial charge in [-0.15, -0.1) is 0 Å². The molecule has 0 unspecified atom stereocenters. The maximum absolute atomic E-state index is 14.0. The van der Waals surface area contributed by atoms with E-state index in [1.54, 1.807) is 6.07 Å². The third kappa shape index (κ3) is 7.24. The minimum absolute atomic E-state index is 0.0330. The highest BCUT2D eigenvalue weighted by atomic mass is 19.1. The van der Waals surface area contributed by atoms with Crippen molar-refractivity contribution in [2.24, 2.45) is 0 Å². The second-order valence-electron chi connectivity index (χ2n) is 5.48. The number of benzene rings is 1. The Bertz CT molecular complexity index is 491. The lowest BCUT2D eigenvalue weighted by molar-refractivity contribution is 0.291. The van der Waals surface area contributed by atoms with E-state index in [1.807, 2.05) is 13.1 Å². The molecule has 0 aliphatic carbocycles. The SMILES string of the molecule is CN(C)CCCN(C)Cc1ccc(C#CCCO)cc1F. The fraction of sp³-hybridized carbons (Fsp3) is 0.529. The molecule has 1 aromatic carbocycles. The van der Waals surface area contributed by atoms with Gasteiger partial charge in [0.1, 0.15) is 5.82 Å². The standard InChI is InChI=1S/C17H25FN2O/c1-19(2)10-6-11-20(3)14-16-9-8-15(13-17(16)18)7-4-5-12-21/h8-9,13,21H,5-6,10-12,14H2,1-3H3. The molecule has 0 saturated heterocycles. The summed E-state index contributed by atoms with van der Waals surface area (Å²) in [6.45, 7) is 2.61. The smallest absolute Gasteiger partial charge is 0.128 e. The van der Waals surface area contributed by atoms with Crippen LogP contribution in [-0.2, 0) is 6.54 Å². The Morgan fingerprint density at radius 1 is 1.19 bits per heavy atom. The fourth-order valence-corrected chi connectivity index (χ4v) is 2.00. The molecule has 0 radical (unpaired) electrons. The number of hydrogen-bond acceptors (Lipinski definition) is 3. The number of aliphatic hydroxyl groups is 1. The average Bonchev–Trinajstić information content (AvgIpc) is 2.41. The minimum atomic E-state index is -0.217. The summed E-state index contributed by atoms with van der Waals surface area (Å²) in [5, 5.41) is 8.66. The van der Waals surface area contributed by atoms with E-state index in [2.05, 4.69) is 35.7 Å². The van der Waals surface area contributed by atoms with Crippen molar-refractivity contribution in [2.45, 2.75) is 19.4 Å². The predicted octanol–water partition coefficient (Wildman–Crippen LogP) is 1.94. The Balaban J connectivity index is 2.54. The van der Waals surface area contributed by atoms with Gasteiger partial charge in [-0.25, -0.2) is 4.39 Å². The van der Waals surface area contributed by atoms with Crippen molar-refractivity contribution >= 4 is 0 Å². The van der Waals surface area contributed by atoms with Crippen LogP contribution in [0.15, 0.2) is 18.2 Å². The van der Waals surface area contributed by atoms with Crippen molar-refractivity contribution in [2.75, 3.05) is 40.8 Å². The molecule has 0 aromatic heterocycles.